The lowest BCUT2D eigenvalue weighted by Gasteiger charge is -2.02. The smallest absolute Gasteiger partial charge is 0.134 e. The average Bonchev–Trinajstić information content (AvgIpc) is 2.25. The molecule has 0 amide bonds. The van der Waals surface area contributed by atoms with Gasteiger partial charge in [0.05, 0.1) is 12.7 Å². The van der Waals surface area contributed by atoms with Crippen LogP contribution in [0.3, 0.4) is 0 Å². The number of halogens is 1. The van der Waals surface area contributed by atoms with Crippen molar-refractivity contribution in [3.8, 4) is 17.6 Å². The highest BCUT2D eigenvalue weighted by atomic mass is 35.5. The first-order valence-corrected chi connectivity index (χ1v) is 5.48. The summed E-state index contributed by atoms with van der Waals surface area (Å²) in [6.07, 6.45) is 3.23. The summed E-state index contributed by atoms with van der Waals surface area (Å²) in [5.41, 5.74) is 0.862. The Morgan fingerprint density at radius 1 is 1.40 bits per heavy atom. The Balaban J connectivity index is 2.80. The molecule has 0 saturated carbocycles. The van der Waals surface area contributed by atoms with Crippen LogP contribution in [0.25, 0.3) is 0 Å². The van der Waals surface area contributed by atoms with Crippen molar-refractivity contribution in [2.24, 2.45) is 0 Å². The Kier molecular flexibility index (Phi) is 5.07. The molecule has 0 aromatic heterocycles. The minimum absolute atomic E-state index is 0.690. The van der Waals surface area contributed by atoms with Gasteiger partial charge < -0.3 is 4.74 Å². The van der Waals surface area contributed by atoms with E-state index in [4.69, 9.17) is 16.3 Å². The minimum atomic E-state index is 0.690. The molecule has 80 valence electrons. The standard InChI is InChI=1S/C13H15ClO/c1-3-4-5-6-7-11-10-12(14)8-9-13(11)15-2/h8-10H,3-5H2,1-2H3. The Bertz CT molecular complexity index is 374. The molecule has 15 heavy (non-hydrogen) atoms. The quantitative estimate of drug-likeness (QED) is 0.557. The third kappa shape index (κ3) is 3.85. The largest absolute Gasteiger partial charge is 0.495 e. The maximum absolute atomic E-state index is 5.89. The summed E-state index contributed by atoms with van der Waals surface area (Å²) in [4.78, 5) is 0. The summed E-state index contributed by atoms with van der Waals surface area (Å²) in [5, 5.41) is 0.690. The Morgan fingerprint density at radius 3 is 2.87 bits per heavy atom. The molecular weight excluding hydrogens is 208 g/mol. The normalized spacial score (nSPS) is 9.27. The average molecular weight is 223 g/mol. The first-order valence-electron chi connectivity index (χ1n) is 5.10. The Hall–Kier alpha value is -1.13. The zero-order valence-electron chi connectivity index (χ0n) is 9.14. The number of methoxy groups -OCH3 is 1. The lowest BCUT2D eigenvalue weighted by Crippen LogP contribution is -1.87. The predicted octanol–water partition coefficient (Wildman–Crippen LogP) is 3.89. The Labute approximate surface area is 96.4 Å². The monoisotopic (exact) mass is 222 g/mol. The van der Waals surface area contributed by atoms with Gasteiger partial charge in [-0.25, -0.2) is 0 Å². The molecule has 0 fully saturated rings. The van der Waals surface area contributed by atoms with Crippen LogP contribution in [0.15, 0.2) is 18.2 Å². The van der Waals surface area contributed by atoms with Crippen LogP contribution in [0.5, 0.6) is 5.75 Å². The van der Waals surface area contributed by atoms with Gasteiger partial charge in [0.15, 0.2) is 0 Å². The van der Waals surface area contributed by atoms with E-state index in [0.717, 1.165) is 24.2 Å². The van der Waals surface area contributed by atoms with Crippen molar-refractivity contribution in [2.75, 3.05) is 7.11 Å². The zero-order chi connectivity index (χ0) is 11.1. The fraction of sp³-hybridized carbons (Fsp3) is 0.385. The minimum Gasteiger partial charge on any atom is -0.495 e. The second kappa shape index (κ2) is 6.37. The van der Waals surface area contributed by atoms with Crippen molar-refractivity contribution in [1.82, 2.24) is 0 Å². The summed E-state index contributed by atoms with van der Waals surface area (Å²) in [6.45, 7) is 2.15. The summed E-state index contributed by atoms with van der Waals surface area (Å²) < 4.78 is 5.20. The van der Waals surface area contributed by atoms with Gasteiger partial charge >= 0.3 is 0 Å². The lowest BCUT2D eigenvalue weighted by molar-refractivity contribution is 0.413. The fourth-order valence-electron chi connectivity index (χ4n) is 1.20. The van der Waals surface area contributed by atoms with Crippen molar-refractivity contribution >= 4 is 11.6 Å². The zero-order valence-corrected chi connectivity index (χ0v) is 9.90. The van der Waals surface area contributed by atoms with Crippen molar-refractivity contribution < 1.29 is 4.74 Å². The SMILES string of the molecule is CCCCC#Cc1cc(Cl)ccc1OC. The first kappa shape index (κ1) is 11.9. The van der Waals surface area contributed by atoms with Gasteiger partial charge in [0.2, 0.25) is 0 Å². The van der Waals surface area contributed by atoms with Gasteiger partial charge in [0.25, 0.3) is 0 Å². The molecule has 0 unspecified atom stereocenters. The molecule has 0 radical (unpaired) electrons. The highest BCUT2D eigenvalue weighted by Crippen LogP contribution is 2.21. The molecule has 2 heteroatoms. The molecule has 0 aliphatic rings. The molecule has 1 aromatic carbocycles. The number of hydrogen-bond acceptors (Lipinski definition) is 1. The van der Waals surface area contributed by atoms with Crippen LogP contribution >= 0.6 is 11.6 Å². The number of unbranched alkanes of at least 4 members (excludes halogenated alkanes) is 2. The van der Waals surface area contributed by atoms with E-state index in [9.17, 15) is 0 Å². The molecule has 0 N–H and O–H groups in total. The van der Waals surface area contributed by atoms with Crippen LogP contribution < -0.4 is 4.74 Å². The highest BCUT2D eigenvalue weighted by Gasteiger charge is 1.99. The van der Waals surface area contributed by atoms with E-state index in [1.165, 1.54) is 6.42 Å². The van der Waals surface area contributed by atoms with Crippen molar-refractivity contribution in [1.29, 1.82) is 0 Å². The molecule has 0 spiro atoms. The van der Waals surface area contributed by atoms with Crippen molar-refractivity contribution in [2.45, 2.75) is 26.2 Å². The van der Waals surface area contributed by atoms with Crippen LogP contribution in [0.2, 0.25) is 5.02 Å². The maximum atomic E-state index is 5.89. The molecule has 1 rings (SSSR count). The van der Waals surface area contributed by atoms with Gasteiger partial charge in [-0.05, 0) is 24.6 Å². The predicted molar refractivity (Wildman–Crippen MR) is 64.4 cm³/mol. The summed E-state index contributed by atoms with van der Waals surface area (Å²) in [5.74, 6) is 6.98. The Morgan fingerprint density at radius 2 is 2.20 bits per heavy atom. The summed E-state index contributed by atoms with van der Waals surface area (Å²) in [6, 6.07) is 5.48. The number of benzene rings is 1. The van der Waals surface area contributed by atoms with Gasteiger partial charge in [-0.1, -0.05) is 36.8 Å². The molecule has 0 saturated heterocycles. The van der Waals surface area contributed by atoms with Crippen LogP contribution in [-0.2, 0) is 0 Å². The van der Waals surface area contributed by atoms with Crippen LogP contribution in [-0.4, -0.2) is 7.11 Å². The van der Waals surface area contributed by atoms with E-state index in [1.807, 2.05) is 12.1 Å². The lowest BCUT2D eigenvalue weighted by atomic mass is 10.2. The molecular formula is C13H15ClO. The third-order valence-electron chi connectivity index (χ3n) is 2.04. The van der Waals surface area contributed by atoms with E-state index >= 15 is 0 Å². The van der Waals surface area contributed by atoms with Crippen molar-refractivity contribution in [3.63, 3.8) is 0 Å². The van der Waals surface area contributed by atoms with Gasteiger partial charge in [0.1, 0.15) is 5.75 Å². The van der Waals surface area contributed by atoms with Crippen LogP contribution in [0, 0.1) is 11.8 Å². The maximum Gasteiger partial charge on any atom is 0.134 e. The second-order valence-corrected chi connectivity index (χ2v) is 3.69. The molecule has 0 aliphatic heterocycles. The van der Waals surface area contributed by atoms with Crippen molar-refractivity contribution in [3.05, 3.63) is 28.8 Å². The highest BCUT2D eigenvalue weighted by molar-refractivity contribution is 6.30. The number of rotatable bonds is 3. The molecule has 1 nitrogen and oxygen atoms in total. The third-order valence-corrected chi connectivity index (χ3v) is 2.28. The fourth-order valence-corrected chi connectivity index (χ4v) is 1.37. The van der Waals surface area contributed by atoms with E-state index in [-0.39, 0.29) is 0 Å². The van der Waals surface area contributed by atoms with E-state index < -0.39 is 0 Å². The topological polar surface area (TPSA) is 9.23 Å². The molecule has 0 heterocycles. The van der Waals surface area contributed by atoms with E-state index in [0.29, 0.717) is 5.02 Å². The number of ether oxygens (including phenoxy) is 1. The number of hydrogen-bond donors (Lipinski definition) is 0. The molecule has 0 aliphatic carbocycles. The van der Waals surface area contributed by atoms with Gasteiger partial charge in [-0.15, -0.1) is 0 Å². The summed E-state index contributed by atoms with van der Waals surface area (Å²) >= 11 is 5.89. The molecule has 1 aromatic rings. The van der Waals surface area contributed by atoms with E-state index in [1.54, 1.807) is 13.2 Å². The first-order chi connectivity index (χ1) is 7.27. The van der Waals surface area contributed by atoms with E-state index in [2.05, 4.69) is 18.8 Å². The van der Waals surface area contributed by atoms with Crippen LogP contribution in [0.4, 0.5) is 0 Å². The van der Waals surface area contributed by atoms with Gasteiger partial charge in [-0.2, -0.15) is 0 Å². The van der Waals surface area contributed by atoms with Gasteiger partial charge in [-0.3, -0.25) is 0 Å². The van der Waals surface area contributed by atoms with Crippen LogP contribution in [0.1, 0.15) is 31.7 Å². The molecule has 0 bridgehead atoms. The van der Waals surface area contributed by atoms with Gasteiger partial charge in [0, 0.05) is 11.4 Å². The summed E-state index contributed by atoms with van der Waals surface area (Å²) in [7, 11) is 1.64. The second-order valence-electron chi connectivity index (χ2n) is 3.25. The molecule has 0 atom stereocenters.